The maximum atomic E-state index is 12.7. The molecule has 8 nitrogen and oxygen atoms in total. The van der Waals surface area contributed by atoms with Gasteiger partial charge in [-0.2, -0.15) is 4.98 Å². The second kappa shape index (κ2) is 8.05. The first-order valence-corrected chi connectivity index (χ1v) is 9.82. The van der Waals surface area contributed by atoms with Crippen LogP contribution in [0.4, 0.5) is 11.6 Å². The van der Waals surface area contributed by atoms with Gasteiger partial charge in [-0.1, -0.05) is 5.16 Å². The van der Waals surface area contributed by atoms with Gasteiger partial charge in [0.25, 0.3) is 5.89 Å². The van der Waals surface area contributed by atoms with Crippen molar-refractivity contribution in [3.05, 3.63) is 47.0 Å². The molecule has 28 heavy (non-hydrogen) atoms. The first-order valence-electron chi connectivity index (χ1n) is 9.03. The van der Waals surface area contributed by atoms with Crippen LogP contribution < -0.4 is 10.2 Å². The summed E-state index contributed by atoms with van der Waals surface area (Å²) >= 11 is 3.34. The summed E-state index contributed by atoms with van der Waals surface area (Å²) in [6, 6.07) is 7.37. The summed E-state index contributed by atoms with van der Waals surface area (Å²) in [4.78, 5) is 27.9. The van der Waals surface area contributed by atoms with E-state index in [-0.39, 0.29) is 11.8 Å². The van der Waals surface area contributed by atoms with E-state index in [0.29, 0.717) is 24.1 Å². The first-order chi connectivity index (χ1) is 13.6. The van der Waals surface area contributed by atoms with Gasteiger partial charge in [0, 0.05) is 30.0 Å². The van der Waals surface area contributed by atoms with Crippen LogP contribution in [0.15, 0.2) is 45.7 Å². The topological polar surface area (TPSA) is 97.0 Å². The smallest absolute Gasteiger partial charge is 0.261 e. The van der Waals surface area contributed by atoms with Crippen molar-refractivity contribution in [1.29, 1.82) is 0 Å². The maximum absolute atomic E-state index is 12.7. The van der Waals surface area contributed by atoms with Gasteiger partial charge in [-0.25, -0.2) is 9.97 Å². The third-order valence-electron chi connectivity index (χ3n) is 4.62. The molecule has 1 amide bonds. The Balaban J connectivity index is 1.51. The largest absolute Gasteiger partial charge is 0.355 e. The van der Waals surface area contributed by atoms with Gasteiger partial charge in [0.05, 0.1) is 11.5 Å². The van der Waals surface area contributed by atoms with E-state index in [2.05, 4.69) is 46.3 Å². The summed E-state index contributed by atoms with van der Waals surface area (Å²) in [5.74, 6) is 2.12. The highest BCUT2D eigenvalue weighted by Crippen LogP contribution is 2.31. The summed E-state index contributed by atoms with van der Waals surface area (Å²) in [5, 5.41) is 6.77. The minimum atomic E-state index is -0.154. The van der Waals surface area contributed by atoms with Crippen LogP contribution in [0.3, 0.4) is 0 Å². The number of aromatic nitrogens is 4. The van der Waals surface area contributed by atoms with Crippen molar-refractivity contribution in [3.8, 4) is 11.5 Å². The average molecular weight is 443 g/mol. The van der Waals surface area contributed by atoms with Gasteiger partial charge in [-0.15, -0.1) is 0 Å². The van der Waals surface area contributed by atoms with Gasteiger partial charge in [-0.05, 0) is 60.0 Å². The Kier molecular flexibility index (Phi) is 5.34. The molecule has 4 heterocycles. The van der Waals surface area contributed by atoms with E-state index in [1.807, 2.05) is 18.2 Å². The molecule has 9 heteroatoms. The predicted octanol–water partition coefficient (Wildman–Crippen LogP) is 3.45. The van der Waals surface area contributed by atoms with Gasteiger partial charge in [0.2, 0.25) is 5.91 Å². The number of piperidine rings is 1. The van der Waals surface area contributed by atoms with E-state index in [4.69, 9.17) is 4.52 Å². The van der Waals surface area contributed by atoms with Crippen LogP contribution in [0, 0.1) is 12.8 Å². The highest BCUT2D eigenvalue weighted by atomic mass is 79.9. The van der Waals surface area contributed by atoms with Crippen molar-refractivity contribution in [2.45, 2.75) is 19.8 Å². The Morgan fingerprint density at radius 3 is 2.96 bits per heavy atom. The fourth-order valence-corrected chi connectivity index (χ4v) is 3.52. The average Bonchev–Trinajstić information content (AvgIpc) is 3.16. The van der Waals surface area contributed by atoms with Crippen molar-refractivity contribution in [2.24, 2.45) is 5.92 Å². The fourth-order valence-electron chi connectivity index (χ4n) is 3.28. The first kappa shape index (κ1) is 18.5. The molecule has 1 fully saturated rings. The van der Waals surface area contributed by atoms with Gasteiger partial charge in [-0.3, -0.25) is 4.79 Å². The van der Waals surface area contributed by atoms with E-state index >= 15 is 0 Å². The molecule has 3 aromatic rings. The molecule has 1 aliphatic heterocycles. The van der Waals surface area contributed by atoms with Crippen molar-refractivity contribution in [3.63, 3.8) is 0 Å². The van der Waals surface area contributed by atoms with Crippen molar-refractivity contribution in [2.75, 3.05) is 23.3 Å². The highest BCUT2D eigenvalue weighted by molar-refractivity contribution is 9.10. The quantitative estimate of drug-likeness (QED) is 0.660. The number of carbonyl (C=O) groups excluding carboxylic acids is 1. The van der Waals surface area contributed by atoms with Crippen LogP contribution in [0.2, 0.25) is 0 Å². The molecule has 0 spiro atoms. The molecule has 1 atom stereocenters. The molecule has 144 valence electrons. The number of pyridine rings is 2. The molecule has 3 aromatic heterocycles. The van der Waals surface area contributed by atoms with Crippen LogP contribution in [0.5, 0.6) is 0 Å². The number of nitrogens with zero attached hydrogens (tertiary/aromatic N) is 5. The molecule has 1 aliphatic rings. The minimum absolute atomic E-state index is 0.0364. The van der Waals surface area contributed by atoms with Crippen LogP contribution >= 0.6 is 15.9 Å². The molecule has 0 aliphatic carbocycles. The van der Waals surface area contributed by atoms with E-state index in [9.17, 15) is 4.79 Å². The number of hydrogen-bond donors (Lipinski definition) is 1. The van der Waals surface area contributed by atoms with Gasteiger partial charge >= 0.3 is 0 Å². The normalized spacial score (nSPS) is 16.8. The molecular weight excluding hydrogens is 424 g/mol. The second-order valence-electron chi connectivity index (χ2n) is 6.66. The number of rotatable bonds is 4. The summed E-state index contributed by atoms with van der Waals surface area (Å²) in [6.45, 7) is 3.16. The van der Waals surface area contributed by atoms with Gasteiger partial charge in [0.1, 0.15) is 11.6 Å². The molecule has 1 saturated heterocycles. The molecule has 0 aromatic carbocycles. The monoisotopic (exact) mass is 442 g/mol. The lowest BCUT2D eigenvalue weighted by Crippen LogP contribution is -2.41. The number of halogens is 1. The Hall–Kier alpha value is -2.81. The number of amides is 1. The molecular formula is C19H19BrN6O2. The number of hydrogen-bond acceptors (Lipinski definition) is 7. The SMILES string of the molecule is Cc1noc(-c2cccnc2N2CCCC(C(=O)Nc3ccc(Br)cn3)C2)n1. The summed E-state index contributed by atoms with van der Waals surface area (Å²) in [7, 11) is 0. The molecule has 0 bridgehead atoms. The van der Waals surface area contributed by atoms with E-state index < -0.39 is 0 Å². The zero-order valence-electron chi connectivity index (χ0n) is 15.3. The number of nitrogens with one attached hydrogen (secondary N) is 1. The van der Waals surface area contributed by atoms with Crippen molar-refractivity contribution < 1.29 is 9.32 Å². The molecule has 1 unspecified atom stereocenters. The Bertz CT molecular complexity index is 975. The summed E-state index contributed by atoms with van der Waals surface area (Å²) < 4.78 is 6.19. The number of aryl methyl sites for hydroxylation is 1. The number of carbonyl (C=O) groups is 1. The Labute approximate surface area is 170 Å². The second-order valence-corrected chi connectivity index (χ2v) is 7.57. The lowest BCUT2D eigenvalue weighted by molar-refractivity contribution is -0.120. The zero-order chi connectivity index (χ0) is 19.5. The van der Waals surface area contributed by atoms with Gasteiger partial charge < -0.3 is 14.7 Å². The molecule has 1 N–H and O–H groups in total. The van der Waals surface area contributed by atoms with E-state index in [0.717, 1.165) is 35.2 Å². The highest BCUT2D eigenvalue weighted by Gasteiger charge is 2.29. The summed E-state index contributed by atoms with van der Waals surface area (Å²) in [6.07, 6.45) is 5.11. The molecule has 0 radical (unpaired) electrons. The van der Waals surface area contributed by atoms with E-state index in [1.165, 1.54) is 0 Å². The molecule has 0 saturated carbocycles. The standard InChI is InChI=1S/C19H19BrN6O2/c1-12-23-19(28-25-12)15-5-2-8-21-17(15)26-9-3-4-13(11-26)18(27)24-16-7-6-14(20)10-22-16/h2,5-8,10,13H,3-4,9,11H2,1H3,(H,22,24,27). The Morgan fingerprint density at radius 1 is 1.32 bits per heavy atom. The van der Waals surface area contributed by atoms with Crippen LogP contribution in [-0.4, -0.2) is 39.1 Å². The van der Waals surface area contributed by atoms with Crippen molar-refractivity contribution in [1.82, 2.24) is 20.1 Å². The van der Waals surface area contributed by atoms with Gasteiger partial charge in [0.15, 0.2) is 5.82 Å². The third kappa shape index (κ3) is 4.04. The summed E-state index contributed by atoms with van der Waals surface area (Å²) in [5.41, 5.74) is 0.777. The van der Waals surface area contributed by atoms with Crippen LogP contribution in [0.25, 0.3) is 11.5 Å². The lowest BCUT2D eigenvalue weighted by atomic mass is 9.96. The lowest BCUT2D eigenvalue weighted by Gasteiger charge is -2.33. The minimum Gasteiger partial charge on any atom is -0.355 e. The fraction of sp³-hybridized carbons (Fsp3) is 0.316. The third-order valence-corrected chi connectivity index (χ3v) is 5.08. The van der Waals surface area contributed by atoms with E-state index in [1.54, 1.807) is 25.4 Å². The Morgan fingerprint density at radius 2 is 2.21 bits per heavy atom. The maximum Gasteiger partial charge on any atom is 0.261 e. The molecule has 4 rings (SSSR count). The van der Waals surface area contributed by atoms with Crippen LogP contribution in [-0.2, 0) is 4.79 Å². The number of anilines is 2. The van der Waals surface area contributed by atoms with Crippen molar-refractivity contribution >= 4 is 33.5 Å². The van der Waals surface area contributed by atoms with Crippen LogP contribution in [0.1, 0.15) is 18.7 Å². The predicted molar refractivity (Wildman–Crippen MR) is 108 cm³/mol. The zero-order valence-corrected chi connectivity index (χ0v) is 16.9.